The van der Waals surface area contributed by atoms with Gasteiger partial charge in [-0.3, -0.25) is 4.79 Å². The highest BCUT2D eigenvalue weighted by molar-refractivity contribution is 9.09. The van der Waals surface area contributed by atoms with Crippen LogP contribution < -0.4 is 4.74 Å². The summed E-state index contributed by atoms with van der Waals surface area (Å²) in [6.45, 7) is 3.34. The van der Waals surface area contributed by atoms with Crippen LogP contribution in [0.1, 0.15) is 19.4 Å². The second kappa shape index (κ2) is 6.35. The largest absolute Gasteiger partial charge is 0.573 e. The lowest BCUT2D eigenvalue weighted by Crippen LogP contribution is -2.28. The SMILES string of the molecule is CC(C)(Cc1ccc(Cl)cc1OC(F)(F)F)C(=O)CBr. The van der Waals surface area contributed by atoms with Crippen molar-refractivity contribution in [2.45, 2.75) is 26.6 Å². The molecule has 0 radical (unpaired) electrons. The van der Waals surface area contributed by atoms with Crippen molar-refractivity contribution in [3.63, 3.8) is 0 Å². The molecule has 0 N–H and O–H groups in total. The predicted molar refractivity (Wildman–Crippen MR) is 74.4 cm³/mol. The Bertz CT molecular complexity index is 501. The van der Waals surface area contributed by atoms with Gasteiger partial charge in [0, 0.05) is 10.4 Å². The number of hydrogen-bond acceptors (Lipinski definition) is 2. The Balaban J connectivity index is 3.09. The quantitative estimate of drug-likeness (QED) is 0.695. The molecule has 0 atom stereocenters. The molecule has 0 aliphatic carbocycles. The first-order valence-electron chi connectivity index (χ1n) is 5.68. The smallest absolute Gasteiger partial charge is 0.405 e. The van der Waals surface area contributed by atoms with Gasteiger partial charge in [0.2, 0.25) is 0 Å². The maximum absolute atomic E-state index is 12.4. The Labute approximate surface area is 128 Å². The highest BCUT2D eigenvalue weighted by Gasteiger charge is 2.34. The summed E-state index contributed by atoms with van der Waals surface area (Å²) in [6, 6.07) is 4.00. The predicted octanol–water partition coefficient (Wildman–Crippen LogP) is 4.77. The van der Waals surface area contributed by atoms with Crippen LogP contribution in [0, 0.1) is 5.41 Å². The van der Waals surface area contributed by atoms with Crippen LogP contribution in [-0.4, -0.2) is 17.5 Å². The molecule has 1 rings (SSSR count). The summed E-state index contributed by atoms with van der Waals surface area (Å²) in [7, 11) is 0. The van der Waals surface area contributed by atoms with Crippen LogP contribution in [0.2, 0.25) is 5.02 Å². The third-order valence-corrected chi connectivity index (χ3v) is 3.51. The number of rotatable bonds is 5. The fourth-order valence-corrected chi connectivity index (χ4v) is 2.57. The molecule has 0 unspecified atom stereocenters. The van der Waals surface area contributed by atoms with Crippen LogP contribution in [0.15, 0.2) is 18.2 Å². The first-order valence-corrected chi connectivity index (χ1v) is 7.18. The summed E-state index contributed by atoms with van der Waals surface area (Å²) in [5, 5.41) is 0.279. The lowest BCUT2D eigenvalue weighted by Gasteiger charge is -2.24. The number of benzene rings is 1. The van der Waals surface area contributed by atoms with Gasteiger partial charge in [-0.2, -0.15) is 0 Å². The van der Waals surface area contributed by atoms with Crippen molar-refractivity contribution in [2.75, 3.05) is 5.33 Å². The molecule has 112 valence electrons. The molecule has 20 heavy (non-hydrogen) atoms. The van der Waals surface area contributed by atoms with E-state index in [2.05, 4.69) is 20.7 Å². The molecule has 0 heterocycles. The second-order valence-corrected chi connectivity index (χ2v) is 5.91. The van der Waals surface area contributed by atoms with Gasteiger partial charge in [0.1, 0.15) is 11.5 Å². The van der Waals surface area contributed by atoms with Crippen molar-refractivity contribution < 1.29 is 22.7 Å². The van der Waals surface area contributed by atoms with Gasteiger partial charge in [0.05, 0.1) is 5.33 Å². The van der Waals surface area contributed by atoms with E-state index in [-0.39, 0.29) is 33.9 Å². The first kappa shape index (κ1) is 17.3. The molecule has 0 aromatic heterocycles. The van der Waals surface area contributed by atoms with Crippen LogP contribution in [0.5, 0.6) is 5.75 Å². The second-order valence-electron chi connectivity index (χ2n) is 4.92. The van der Waals surface area contributed by atoms with Crippen molar-refractivity contribution in [1.82, 2.24) is 0 Å². The van der Waals surface area contributed by atoms with Crippen molar-refractivity contribution in [1.29, 1.82) is 0 Å². The van der Waals surface area contributed by atoms with Crippen molar-refractivity contribution in [3.05, 3.63) is 28.8 Å². The summed E-state index contributed by atoms with van der Waals surface area (Å²) in [6.07, 6.45) is -4.68. The number of carbonyl (C=O) groups excluding carboxylic acids is 1. The molecule has 0 saturated carbocycles. The number of Topliss-reactive ketones (excluding diaryl/α,β-unsaturated/α-hetero) is 1. The molecule has 0 aliphatic rings. The van der Waals surface area contributed by atoms with Crippen LogP contribution in [0.4, 0.5) is 13.2 Å². The van der Waals surface area contributed by atoms with E-state index in [1.807, 2.05) is 0 Å². The maximum atomic E-state index is 12.4. The Morgan fingerprint density at radius 3 is 2.45 bits per heavy atom. The normalized spacial score (nSPS) is 12.3. The van der Waals surface area contributed by atoms with Gasteiger partial charge in [-0.1, -0.05) is 47.4 Å². The zero-order chi connectivity index (χ0) is 15.6. The molecule has 0 spiro atoms. The standard InChI is InChI=1S/C13H13BrClF3O2/c1-12(2,11(19)7-14)6-8-3-4-9(15)5-10(8)20-13(16,17)18/h3-5H,6-7H2,1-2H3. The van der Waals surface area contributed by atoms with Gasteiger partial charge < -0.3 is 4.74 Å². The average Bonchev–Trinajstić information content (AvgIpc) is 2.29. The Kier molecular flexibility index (Phi) is 5.49. The van der Waals surface area contributed by atoms with Gasteiger partial charge >= 0.3 is 6.36 Å². The summed E-state index contributed by atoms with van der Waals surface area (Å²) in [5.74, 6) is -0.481. The Morgan fingerprint density at radius 2 is 1.95 bits per heavy atom. The van der Waals surface area contributed by atoms with E-state index in [1.165, 1.54) is 12.1 Å². The van der Waals surface area contributed by atoms with Gasteiger partial charge in [-0.25, -0.2) is 0 Å². The van der Waals surface area contributed by atoms with Crippen molar-refractivity contribution in [2.24, 2.45) is 5.41 Å². The minimum atomic E-state index is -4.80. The Morgan fingerprint density at radius 1 is 1.35 bits per heavy atom. The number of carbonyl (C=O) groups is 1. The lowest BCUT2D eigenvalue weighted by molar-refractivity contribution is -0.274. The van der Waals surface area contributed by atoms with Crippen LogP contribution >= 0.6 is 27.5 Å². The third-order valence-electron chi connectivity index (χ3n) is 2.76. The minimum Gasteiger partial charge on any atom is -0.405 e. The van der Waals surface area contributed by atoms with Crippen LogP contribution in [0.3, 0.4) is 0 Å². The molecule has 0 amide bonds. The van der Waals surface area contributed by atoms with E-state index in [0.717, 1.165) is 6.07 Å². The molecule has 1 aromatic carbocycles. The summed E-state index contributed by atoms with van der Waals surface area (Å²) in [4.78, 5) is 11.8. The van der Waals surface area contributed by atoms with E-state index in [9.17, 15) is 18.0 Å². The van der Waals surface area contributed by atoms with Crippen LogP contribution in [0.25, 0.3) is 0 Å². The lowest BCUT2D eigenvalue weighted by atomic mass is 9.82. The molecule has 0 fully saturated rings. The molecule has 2 nitrogen and oxygen atoms in total. The Hall–Kier alpha value is -0.750. The molecule has 1 aromatic rings. The molecule has 0 bridgehead atoms. The van der Waals surface area contributed by atoms with Crippen LogP contribution in [-0.2, 0) is 11.2 Å². The topological polar surface area (TPSA) is 26.3 Å². The summed E-state index contributed by atoms with van der Waals surface area (Å²) >= 11 is 8.75. The van der Waals surface area contributed by atoms with Gasteiger partial charge in [0.25, 0.3) is 0 Å². The van der Waals surface area contributed by atoms with Gasteiger partial charge in [-0.15, -0.1) is 13.2 Å². The molecular formula is C13H13BrClF3O2. The summed E-state index contributed by atoms with van der Waals surface area (Å²) < 4.78 is 41.1. The van der Waals surface area contributed by atoms with E-state index < -0.39 is 11.8 Å². The van der Waals surface area contributed by atoms with E-state index in [0.29, 0.717) is 0 Å². The van der Waals surface area contributed by atoms with E-state index in [1.54, 1.807) is 13.8 Å². The molecule has 0 saturated heterocycles. The van der Waals surface area contributed by atoms with E-state index >= 15 is 0 Å². The highest BCUT2D eigenvalue weighted by atomic mass is 79.9. The minimum absolute atomic E-state index is 0.106. The zero-order valence-electron chi connectivity index (χ0n) is 10.9. The van der Waals surface area contributed by atoms with Crippen molar-refractivity contribution >= 4 is 33.3 Å². The number of alkyl halides is 4. The van der Waals surface area contributed by atoms with Crippen molar-refractivity contribution in [3.8, 4) is 5.75 Å². The van der Waals surface area contributed by atoms with Gasteiger partial charge in [0.15, 0.2) is 0 Å². The fraction of sp³-hybridized carbons (Fsp3) is 0.462. The monoisotopic (exact) mass is 372 g/mol. The third kappa shape index (κ3) is 4.98. The molecule has 7 heteroatoms. The first-order chi connectivity index (χ1) is 9.05. The molecule has 0 aliphatic heterocycles. The number of hydrogen-bond donors (Lipinski definition) is 0. The van der Waals surface area contributed by atoms with Gasteiger partial charge in [-0.05, 0) is 24.1 Å². The number of ether oxygens (including phenoxy) is 1. The fourth-order valence-electron chi connectivity index (χ4n) is 1.65. The van der Waals surface area contributed by atoms with E-state index in [4.69, 9.17) is 11.6 Å². The molecular weight excluding hydrogens is 360 g/mol. The number of halogens is 5. The average molecular weight is 374 g/mol. The maximum Gasteiger partial charge on any atom is 0.573 e. The zero-order valence-corrected chi connectivity index (χ0v) is 13.2. The number of ketones is 1. The summed E-state index contributed by atoms with van der Waals surface area (Å²) in [5.41, 5.74) is -0.521. The highest BCUT2D eigenvalue weighted by Crippen LogP contribution is 2.34.